The Balaban J connectivity index is 2.10. The normalized spacial score (nSPS) is 10.8. The van der Waals surface area contributed by atoms with Gasteiger partial charge >= 0.3 is 0 Å². The number of nitro groups is 1. The molecule has 0 bridgehead atoms. The molecule has 0 saturated heterocycles. The summed E-state index contributed by atoms with van der Waals surface area (Å²) in [6.45, 7) is 9.81. The number of hydrazone groups is 1. The second-order valence-corrected chi connectivity index (χ2v) is 7.40. The van der Waals surface area contributed by atoms with Gasteiger partial charge in [0, 0.05) is 42.2 Å². The first-order chi connectivity index (χ1) is 14.8. The number of rotatable bonds is 11. The number of nitro benzene ring substituents is 1. The second-order valence-electron chi connectivity index (χ2n) is 7.40. The van der Waals surface area contributed by atoms with Crippen molar-refractivity contribution >= 4 is 29.2 Å². The van der Waals surface area contributed by atoms with Gasteiger partial charge in [-0.3, -0.25) is 14.9 Å². The van der Waals surface area contributed by atoms with E-state index in [1.807, 2.05) is 39.0 Å². The number of aryl methyl sites for hydroxylation is 2. The van der Waals surface area contributed by atoms with Gasteiger partial charge in [-0.25, -0.2) is 5.43 Å². The fourth-order valence-electron chi connectivity index (χ4n) is 3.16. The van der Waals surface area contributed by atoms with Gasteiger partial charge in [0.05, 0.1) is 17.7 Å². The fraction of sp³-hybridized carbons (Fsp3) is 0.391. The second kappa shape index (κ2) is 11.7. The van der Waals surface area contributed by atoms with E-state index in [0.717, 1.165) is 48.4 Å². The number of non-ortho nitro benzene ring substituents is 1. The van der Waals surface area contributed by atoms with Gasteiger partial charge in [0.2, 0.25) is 0 Å². The lowest BCUT2D eigenvalue weighted by Gasteiger charge is -2.24. The average molecular weight is 426 g/mol. The highest BCUT2D eigenvalue weighted by atomic mass is 16.6. The molecule has 0 unspecified atom stereocenters. The van der Waals surface area contributed by atoms with Crippen molar-refractivity contribution in [3.63, 3.8) is 0 Å². The molecule has 166 valence electrons. The van der Waals surface area contributed by atoms with E-state index >= 15 is 0 Å². The number of nitrogens with one attached hydrogen (secondary N) is 2. The van der Waals surface area contributed by atoms with Crippen molar-refractivity contribution in [2.24, 2.45) is 5.10 Å². The largest absolute Gasteiger partial charge is 0.376 e. The van der Waals surface area contributed by atoms with Gasteiger partial charge in [0.15, 0.2) is 0 Å². The molecule has 0 spiro atoms. The van der Waals surface area contributed by atoms with Crippen LogP contribution in [-0.4, -0.2) is 36.7 Å². The minimum Gasteiger partial charge on any atom is -0.376 e. The number of unbranched alkanes of at least 4 members (excludes halogenated alkanes) is 1. The van der Waals surface area contributed by atoms with Crippen molar-refractivity contribution in [2.45, 2.75) is 40.5 Å². The number of hydrogen-bond donors (Lipinski definition) is 2. The quantitative estimate of drug-likeness (QED) is 0.316. The van der Waals surface area contributed by atoms with E-state index in [0.29, 0.717) is 5.56 Å². The van der Waals surface area contributed by atoms with Gasteiger partial charge < -0.3 is 10.2 Å². The summed E-state index contributed by atoms with van der Waals surface area (Å²) >= 11 is 0. The molecular formula is C23H31N5O3. The molecule has 1 amide bonds. The zero-order chi connectivity index (χ0) is 22.8. The number of carbonyl (C=O) groups excluding carboxylic acids is 1. The zero-order valence-electron chi connectivity index (χ0n) is 18.6. The van der Waals surface area contributed by atoms with Crippen LogP contribution in [0, 0.1) is 24.0 Å². The lowest BCUT2D eigenvalue weighted by molar-refractivity contribution is -0.384. The molecule has 2 rings (SSSR count). The monoisotopic (exact) mass is 425 g/mol. The Morgan fingerprint density at radius 1 is 1.19 bits per heavy atom. The van der Waals surface area contributed by atoms with Gasteiger partial charge in [0.25, 0.3) is 11.6 Å². The number of hydrogen-bond acceptors (Lipinski definition) is 6. The number of anilines is 2. The number of amides is 1. The standard InChI is InChI=1S/C23H31N5O3/c1-5-7-12-27(6-2)22-11-10-20(28(30)31)14-19(22)15-25-26-23(29)16-24-21-13-17(3)8-9-18(21)4/h8-11,13-15,24H,5-7,12,16H2,1-4H3,(H,26,29). The molecule has 0 heterocycles. The highest BCUT2D eigenvalue weighted by Crippen LogP contribution is 2.24. The molecule has 0 aromatic heterocycles. The number of nitrogens with zero attached hydrogens (tertiary/aromatic N) is 3. The van der Waals surface area contributed by atoms with Crippen LogP contribution in [0.4, 0.5) is 17.1 Å². The molecule has 8 nitrogen and oxygen atoms in total. The summed E-state index contributed by atoms with van der Waals surface area (Å²) in [5.74, 6) is -0.303. The van der Waals surface area contributed by atoms with Crippen molar-refractivity contribution in [3.8, 4) is 0 Å². The molecule has 0 atom stereocenters. The maximum Gasteiger partial charge on any atom is 0.270 e. The Bertz CT molecular complexity index is 943. The molecule has 0 radical (unpaired) electrons. The van der Waals surface area contributed by atoms with E-state index in [1.165, 1.54) is 18.3 Å². The van der Waals surface area contributed by atoms with Crippen molar-refractivity contribution in [3.05, 3.63) is 63.2 Å². The predicted molar refractivity (Wildman–Crippen MR) is 126 cm³/mol. The first kappa shape index (κ1) is 23.9. The third-order valence-electron chi connectivity index (χ3n) is 4.95. The van der Waals surface area contributed by atoms with E-state index in [2.05, 4.69) is 27.7 Å². The summed E-state index contributed by atoms with van der Waals surface area (Å²) < 4.78 is 0. The lowest BCUT2D eigenvalue weighted by Crippen LogP contribution is -2.27. The smallest absolute Gasteiger partial charge is 0.270 e. The Labute approximate surface area is 183 Å². The van der Waals surface area contributed by atoms with E-state index in [4.69, 9.17) is 0 Å². The molecule has 0 saturated carbocycles. The van der Waals surface area contributed by atoms with Crippen LogP contribution in [0.15, 0.2) is 41.5 Å². The summed E-state index contributed by atoms with van der Waals surface area (Å²) in [5, 5.41) is 18.3. The average Bonchev–Trinajstić information content (AvgIpc) is 2.75. The third kappa shape index (κ3) is 7.09. The first-order valence-electron chi connectivity index (χ1n) is 10.5. The molecule has 0 aliphatic rings. The van der Waals surface area contributed by atoms with Gasteiger partial charge in [-0.15, -0.1) is 0 Å². The van der Waals surface area contributed by atoms with Crippen LogP contribution in [0.5, 0.6) is 0 Å². The van der Waals surface area contributed by atoms with Crippen LogP contribution in [0.3, 0.4) is 0 Å². The topological polar surface area (TPSA) is 99.9 Å². The van der Waals surface area contributed by atoms with Crippen LogP contribution < -0.4 is 15.6 Å². The molecule has 2 aromatic carbocycles. The molecule has 0 fully saturated rings. The van der Waals surface area contributed by atoms with Crippen LogP contribution in [0.2, 0.25) is 0 Å². The Hall–Kier alpha value is -3.42. The Kier molecular flexibility index (Phi) is 8.99. The van der Waals surface area contributed by atoms with Crippen LogP contribution >= 0.6 is 0 Å². The Morgan fingerprint density at radius 2 is 1.97 bits per heavy atom. The van der Waals surface area contributed by atoms with Crippen LogP contribution in [-0.2, 0) is 4.79 Å². The molecule has 8 heteroatoms. The van der Waals surface area contributed by atoms with Gasteiger partial charge in [-0.05, 0) is 50.5 Å². The maximum atomic E-state index is 12.2. The molecule has 0 aliphatic heterocycles. The fourth-order valence-corrected chi connectivity index (χ4v) is 3.16. The number of benzene rings is 2. The van der Waals surface area contributed by atoms with Crippen molar-refractivity contribution in [1.82, 2.24) is 5.43 Å². The summed E-state index contributed by atoms with van der Waals surface area (Å²) in [6, 6.07) is 10.7. The summed E-state index contributed by atoms with van der Waals surface area (Å²) in [7, 11) is 0. The highest BCUT2D eigenvalue weighted by Gasteiger charge is 2.14. The molecule has 2 N–H and O–H groups in total. The highest BCUT2D eigenvalue weighted by molar-refractivity contribution is 5.90. The summed E-state index contributed by atoms with van der Waals surface area (Å²) in [6.07, 6.45) is 3.53. The SMILES string of the molecule is CCCCN(CC)c1ccc([N+](=O)[O-])cc1C=NNC(=O)CNc1cc(C)ccc1C. The predicted octanol–water partition coefficient (Wildman–Crippen LogP) is 4.40. The summed E-state index contributed by atoms with van der Waals surface area (Å²) in [5.41, 5.74) is 6.98. The van der Waals surface area contributed by atoms with Crippen molar-refractivity contribution < 1.29 is 9.72 Å². The van der Waals surface area contributed by atoms with Gasteiger partial charge in [-0.2, -0.15) is 5.10 Å². The van der Waals surface area contributed by atoms with E-state index < -0.39 is 4.92 Å². The lowest BCUT2D eigenvalue weighted by atomic mass is 10.1. The van der Waals surface area contributed by atoms with E-state index in [-0.39, 0.29) is 18.1 Å². The molecular weight excluding hydrogens is 394 g/mol. The molecule has 31 heavy (non-hydrogen) atoms. The third-order valence-corrected chi connectivity index (χ3v) is 4.95. The maximum absolute atomic E-state index is 12.2. The van der Waals surface area contributed by atoms with Crippen molar-refractivity contribution in [1.29, 1.82) is 0 Å². The van der Waals surface area contributed by atoms with E-state index in [9.17, 15) is 14.9 Å². The number of carbonyl (C=O) groups is 1. The van der Waals surface area contributed by atoms with Crippen molar-refractivity contribution in [2.75, 3.05) is 29.9 Å². The Morgan fingerprint density at radius 3 is 2.65 bits per heavy atom. The van der Waals surface area contributed by atoms with E-state index in [1.54, 1.807) is 6.07 Å². The molecule has 0 aliphatic carbocycles. The zero-order valence-corrected chi connectivity index (χ0v) is 18.6. The summed E-state index contributed by atoms with van der Waals surface area (Å²) in [4.78, 5) is 25.1. The van der Waals surface area contributed by atoms with Crippen LogP contribution in [0.1, 0.15) is 43.4 Å². The first-order valence-corrected chi connectivity index (χ1v) is 10.5. The van der Waals surface area contributed by atoms with Crippen LogP contribution in [0.25, 0.3) is 0 Å². The molecule has 2 aromatic rings. The minimum absolute atomic E-state index is 0.0142. The minimum atomic E-state index is -0.434. The van der Waals surface area contributed by atoms with Gasteiger partial charge in [-0.1, -0.05) is 25.5 Å². The van der Waals surface area contributed by atoms with Gasteiger partial charge in [0.1, 0.15) is 0 Å².